The molecule has 0 bridgehead atoms. The predicted octanol–water partition coefficient (Wildman–Crippen LogP) is -0.188. The molecule has 0 spiro atoms. The minimum Gasteiger partial charge on any atom is -0.412 e. The second-order valence-electron chi connectivity index (χ2n) is 2.83. The van der Waals surface area contributed by atoms with Crippen LogP contribution < -0.4 is 0 Å². The Balaban J connectivity index is 0. The molecule has 1 unspecified atom stereocenters. The van der Waals surface area contributed by atoms with Gasteiger partial charge in [-0.3, -0.25) is 0 Å². The highest BCUT2D eigenvalue weighted by Crippen LogP contribution is 2.12. The van der Waals surface area contributed by atoms with Gasteiger partial charge in [0.2, 0.25) is 0 Å². The van der Waals surface area contributed by atoms with Gasteiger partial charge in [0.1, 0.15) is 0 Å². The van der Waals surface area contributed by atoms with E-state index in [9.17, 15) is 0 Å². The Hall–Kier alpha value is -0.740. The number of hydrogen-bond donors (Lipinski definition) is 0. The van der Waals surface area contributed by atoms with Crippen LogP contribution in [0.15, 0.2) is 12.4 Å². The first-order valence-electron chi connectivity index (χ1n) is 3.91. The SMILES string of the molecule is CCCN1C=CN(C)C1C.O.O. The molecule has 1 atom stereocenters. The van der Waals surface area contributed by atoms with Gasteiger partial charge in [0.25, 0.3) is 0 Å². The summed E-state index contributed by atoms with van der Waals surface area (Å²) in [5.41, 5.74) is 0. The minimum atomic E-state index is 0. The van der Waals surface area contributed by atoms with Gasteiger partial charge >= 0.3 is 0 Å². The van der Waals surface area contributed by atoms with Crippen LogP contribution in [-0.4, -0.2) is 40.5 Å². The maximum absolute atomic E-state index is 2.35. The van der Waals surface area contributed by atoms with E-state index in [1.165, 1.54) is 13.0 Å². The third-order valence-electron chi connectivity index (χ3n) is 2.04. The monoisotopic (exact) mass is 176 g/mol. The topological polar surface area (TPSA) is 69.5 Å². The van der Waals surface area contributed by atoms with Crippen LogP contribution in [0.5, 0.6) is 0 Å². The quantitative estimate of drug-likeness (QED) is 0.585. The Kier molecular flexibility index (Phi) is 6.74. The molecule has 4 nitrogen and oxygen atoms in total. The highest BCUT2D eigenvalue weighted by molar-refractivity contribution is 4.93. The predicted molar refractivity (Wildman–Crippen MR) is 50.6 cm³/mol. The van der Waals surface area contributed by atoms with Crippen LogP contribution in [0, 0.1) is 0 Å². The molecule has 0 amide bonds. The fourth-order valence-electron chi connectivity index (χ4n) is 1.19. The highest BCUT2D eigenvalue weighted by atomic mass is 16.0. The summed E-state index contributed by atoms with van der Waals surface area (Å²) in [6, 6.07) is 0. The van der Waals surface area contributed by atoms with Crippen LogP contribution in [0.4, 0.5) is 0 Å². The molecule has 0 fully saturated rings. The van der Waals surface area contributed by atoms with E-state index >= 15 is 0 Å². The van der Waals surface area contributed by atoms with Crippen LogP contribution >= 0.6 is 0 Å². The second-order valence-corrected chi connectivity index (χ2v) is 2.83. The molecule has 0 aromatic heterocycles. The largest absolute Gasteiger partial charge is 0.412 e. The summed E-state index contributed by atoms with van der Waals surface area (Å²) in [7, 11) is 2.11. The van der Waals surface area contributed by atoms with Crippen molar-refractivity contribution in [1.82, 2.24) is 9.80 Å². The van der Waals surface area contributed by atoms with Gasteiger partial charge < -0.3 is 20.8 Å². The fourth-order valence-corrected chi connectivity index (χ4v) is 1.19. The Bertz CT molecular complexity index is 139. The van der Waals surface area contributed by atoms with E-state index in [1.54, 1.807) is 0 Å². The van der Waals surface area contributed by atoms with Crippen LogP contribution in [0.25, 0.3) is 0 Å². The lowest BCUT2D eigenvalue weighted by atomic mass is 10.4. The van der Waals surface area contributed by atoms with E-state index in [4.69, 9.17) is 0 Å². The van der Waals surface area contributed by atoms with E-state index in [-0.39, 0.29) is 11.0 Å². The second kappa shape index (κ2) is 5.85. The van der Waals surface area contributed by atoms with E-state index in [2.05, 4.69) is 43.1 Å². The zero-order valence-corrected chi connectivity index (χ0v) is 8.04. The average molecular weight is 176 g/mol. The van der Waals surface area contributed by atoms with Crippen molar-refractivity contribution in [1.29, 1.82) is 0 Å². The molecule has 1 aliphatic rings. The number of rotatable bonds is 2. The van der Waals surface area contributed by atoms with Crippen molar-refractivity contribution < 1.29 is 11.0 Å². The Morgan fingerprint density at radius 1 is 1.25 bits per heavy atom. The maximum atomic E-state index is 2.35. The zero-order valence-electron chi connectivity index (χ0n) is 8.04. The van der Waals surface area contributed by atoms with Gasteiger partial charge in [-0.15, -0.1) is 0 Å². The molecular weight excluding hydrogens is 156 g/mol. The molecule has 0 aliphatic carbocycles. The van der Waals surface area contributed by atoms with Gasteiger partial charge in [0.15, 0.2) is 0 Å². The van der Waals surface area contributed by atoms with Crippen molar-refractivity contribution in [3.05, 3.63) is 12.4 Å². The van der Waals surface area contributed by atoms with Crippen LogP contribution in [-0.2, 0) is 0 Å². The molecule has 1 rings (SSSR count). The lowest BCUT2D eigenvalue weighted by molar-refractivity contribution is 0.195. The van der Waals surface area contributed by atoms with Crippen molar-refractivity contribution in [3.63, 3.8) is 0 Å². The fraction of sp³-hybridized carbons (Fsp3) is 0.750. The highest BCUT2D eigenvalue weighted by Gasteiger charge is 2.16. The molecule has 0 saturated carbocycles. The summed E-state index contributed by atoms with van der Waals surface area (Å²) in [6.07, 6.45) is 6.07. The molecule has 1 aliphatic heterocycles. The molecule has 1 heterocycles. The summed E-state index contributed by atoms with van der Waals surface area (Å²) in [5, 5.41) is 0. The molecule has 0 aromatic carbocycles. The van der Waals surface area contributed by atoms with Crippen molar-refractivity contribution in [2.24, 2.45) is 0 Å². The third kappa shape index (κ3) is 2.71. The molecule has 0 saturated heterocycles. The first-order chi connectivity index (χ1) is 4.75. The van der Waals surface area contributed by atoms with Crippen LogP contribution in [0.2, 0.25) is 0 Å². The lowest BCUT2D eigenvalue weighted by Gasteiger charge is -2.26. The molecule has 12 heavy (non-hydrogen) atoms. The summed E-state index contributed by atoms with van der Waals surface area (Å²) in [6.45, 7) is 5.59. The average Bonchev–Trinajstić information content (AvgIpc) is 2.20. The standard InChI is InChI=1S/C8H16N2.2H2O/c1-4-5-10-7-6-9(3)8(10)2;;/h6-8H,4-5H2,1-3H3;2*1H2. The van der Waals surface area contributed by atoms with Crippen molar-refractivity contribution in [2.75, 3.05) is 13.6 Å². The van der Waals surface area contributed by atoms with Gasteiger partial charge in [0.05, 0.1) is 6.17 Å². The van der Waals surface area contributed by atoms with Gasteiger partial charge in [-0.2, -0.15) is 0 Å². The van der Waals surface area contributed by atoms with Gasteiger partial charge in [0, 0.05) is 26.0 Å². The van der Waals surface area contributed by atoms with Crippen molar-refractivity contribution in [3.8, 4) is 0 Å². The van der Waals surface area contributed by atoms with E-state index < -0.39 is 0 Å². The van der Waals surface area contributed by atoms with Gasteiger partial charge in [-0.1, -0.05) is 6.92 Å². The van der Waals surface area contributed by atoms with E-state index in [1.807, 2.05) is 0 Å². The number of hydrogen-bond acceptors (Lipinski definition) is 2. The third-order valence-corrected chi connectivity index (χ3v) is 2.04. The Morgan fingerprint density at radius 3 is 2.17 bits per heavy atom. The molecule has 74 valence electrons. The van der Waals surface area contributed by atoms with Gasteiger partial charge in [-0.25, -0.2) is 0 Å². The molecule has 4 heteroatoms. The van der Waals surface area contributed by atoms with Crippen molar-refractivity contribution in [2.45, 2.75) is 26.4 Å². The molecule has 4 N–H and O–H groups in total. The lowest BCUT2D eigenvalue weighted by Crippen LogP contribution is -2.33. The molecule has 0 radical (unpaired) electrons. The summed E-state index contributed by atoms with van der Waals surface area (Å²) < 4.78 is 0. The van der Waals surface area contributed by atoms with Crippen LogP contribution in [0.1, 0.15) is 20.3 Å². The summed E-state index contributed by atoms with van der Waals surface area (Å²) >= 11 is 0. The normalized spacial score (nSPS) is 20.4. The van der Waals surface area contributed by atoms with E-state index in [0.29, 0.717) is 6.17 Å². The smallest absolute Gasteiger partial charge is 0.0974 e. The van der Waals surface area contributed by atoms with Crippen molar-refractivity contribution >= 4 is 0 Å². The first kappa shape index (κ1) is 13.8. The molecule has 0 aromatic rings. The Labute approximate surface area is 74.1 Å². The van der Waals surface area contributed by atoms with Crippen LogP contribution in [0.3, 0.4) is 0 Å². The van der Waals surface area contributed by atoms with Gasteiger partial charge in [-0.05, 0) is 13.3 Å². The number of nitrogens with zero attached hydrogens (tertiary/aromatic N) is 2. The summed E-state index contributed by atoms with van der Waals surface area (Å²) in [4.78, 5) is 4.57. The minimum absolute atomic E-state index is 0. The maximum Gasteiger partial charge on any atom is 0.0974 e. The van der Waals surface area contributed by atoms with E-state index in [0.717, 1.165) is 0 Å². The summed E-state index contributed by atoms with van der Waals surface area (Å²) in [5.74, 6) is 0. The molecular formula is C8H20N2O2. The first-order valence-corrected chi connectivity index (χ1v) is 3.91. The Morgan fingerprint density at radius 2 is 1.83 bits per heavy atom. The zero-order chi connectivity index (χ0) is 7.56.